The minimum absolute atomic E-state index is 0.0130. The Morgan fingerprint density at radius 1 is 1.16 bits per heavy atom. The van der Waals surface area contributed by atoms with Gasteiger partial charge < -0.3 is 5.32 Å². The molecule has 0 fully saturated rings. The molecule has 4 rings (SSSR count). The second kappa shape index (κ2) is 7.72. The van der Waals surface area contributed by atoms with Crippen LogP contribution in [-0.2, 0) is 13.2 Å². The standard InChI is InChI=1S/C18H14BrF3N8O/c1-9(15-25-8-26-30(15)16-23-4-3-5-24-16)27-14-11-6-10(19)7-12(18(20,21)22)13(11)29(2)17(31)28-14/h3-9H,1-2H3,(H,27,28,31). The van der Waals surface area contributed by atoms with Crippen LogP contribution in [0.25, 0.3) is 16.9 Å². The van der Waals surface area contributed by atoms with Crippen molar-refractivity contribution in [2.24, 2.45) is 7.05 Å². The number of hydrogen-bond acceptors (Lipinski definition) is 7. The minimum Gasteiger partial charge on any atom is -0.360 e. The van der Waals surface area contributed by atoms with Crippen molar-refractivity contribution < 1.29 is 13.2 Å². The number of fused-ring (bicyclic) bond motifs is 1. The van der Waals surface area contributed by atoms with Gasteiger partial charge in [0.25, 0.3) is 5.95 Å². The third-order valence-electron chi connectivity index (χ3n) is 4.52. The van der Waals surface area contributed by atoms with Gasteiger partial charge in [0, 0.05) is 29.3 Å². The zero-order valence-corrected chi connectivity index (χ0v) is 17.7. The smallest absolute Gasteiger partial charge is 0.360 e. The Morgan fingerprint density at radius 2 is 1.87 bits per heavy atom. The molecule has 0 amide bonds. The van der Waals surface area contributed by atoms with Gasteiger partial charge in [0.1, 0.15) is 12.1 Å². The first-order valence-corrected chi connectivity index (χ1v) is 9.67. The van der Waals surface area contributed by atoms with Crippen molar-refractivity contribution in [3.63, 3.8) is 0 Å². The highest BCUT2D eigenvalue weighted by Gasteiger charge is 2.35. The first-order valence-electron chi connectivity index (χ1n) is 8.88. The molecular weight excluding hydrogens is 481 g/mol. The van der Waals surface area contributed by atoms with Crippen molar-refractivity contribution in [1.82, 2.24) is 34.3 Å². The molecule has 3 aromatic heterocycles. The van der Waals surface area contributed by atoms with Gasteiger partial charge in [-0.15, -0.1) is 0 Å². The quantitative estimate of drug-likeness (QED) is 0.464. The lowest BCUT2D eigenvalue weighted by Crippen LogP contribution is -2.25. The van der Waals surface area contributed by atoms with Gasteiger partial charge in [-0.25, -0.2) is 19.7 Å². The Kier molecular flexibility index (Phi) is 5.21. The fourth-order valence-corrected chi connectivity index (χ4v) is 3.62. The molecule has 0 saturated heterocycles. The van der Waals surface area contributed by atoms with E-state index in [1.54, 1.807) is 13.0 Å². The number of hydrogen-bond donors (Lipinski definition) is 1. The van der Waals surface area contributed by atoms with Crippen molar-refractivity contribution in [2.45, 2.75) is 19.1 Å². The highest BCUT2D eigenvalue weighted by Crippen LogP contribution is 2.38. The maximum absolute atomic E-state index is 13.7. The summed E-state index contributed by atoms with van der Waals surface area (Å²) in [7, 11) is 1.25. The monoisotopic (exact) mass is 494 g/mol. The van der Waals surface area contributed by atoms with Gasteiger partial charge in [-0.1, -0.05) is 15.9 Å². The Bertz CT molecular complexity index is 1320. The number of aryl methyl sites for hydroxylation is 1. The lowest BCUT2D eigenvalue weighted by molar-refractivity contribution is -0.136. The number of nitrogens with zero attached hydrogens (tertiary/aromatic N) is 7. The average Bonchev–Trinajstić information content (AvgIpc) is 3.21. The molecule has 3 heterocycles. The molecule has 0 aliphatic heterocycles. The summed E-state index contributed by atoms with van der Waals surface area (Å²) in [6.07, 6.45) is -0.283. The molecule has 1 unspecified atom stereocenters. The van der Waals surface area contributed by atoms with Crippen LogP contribution in [0.15, 0.2) is 46.2 Å². The summed E-state index contributed by atoms with van der Waals surface area (Å²) in [5, 5.41) is 7.20. The van der Waals surface area contributed by atoms with Crippen molar-refractivity contribution in [1.29, 1.82) is 0 Å². The summed E-state index contributed by atoms with van der Waals surface area (Å²) in [4.78, 5) is 28.7. The normalized spacial score (nSPS) is 12.8. The third kappa shape index (κ3) is 3.87. The Morgan fingerprint density at radius 3 is 2.55 bits per heavy atom. The molecule has 1 atom stereocenters. The van der Waals surface area contributed by atoms with E-state index in [0.717, 1.165) is 10.6 Å². The van der Waals surface area contributed by atoms with Crippen LogP contribution in [0, 0.1) is 0 Å². The van der Waals surface area contributed by atoms with E-state index in [1.165, 1.54) is 36.5 Å². The van der Waals surface area contributed by atoms with E-state index in [1.807, 2.05) is 0 Å². The number of anilines is 1. The summed E-state index contributed by atoms with van der Waals surface area (Å²) < 4.78 is 43.4. The molecule has 1 aromatic carbocycles. The number of aromatic nitrogens is 7. The average molecular weight is 495 g/mol. The van der Waals surface area contributed by atoms with Crippen LogP contribution < -0.4 is 11.0 Å². The molecular formula is C18H14BrF3N8O. The highest BCUT2D eigenvalue weighted by atomic mass is 79.9. The minimum atomic E-state index is -4.67. The van der Waals surface area contributed by atoms with Gasteiger partial charge in [0.2, 0.25) is 0 Å². The highest BCUT2D eigenvalue weighted by molar-refractivity contribution is 9.10. The van der Waals surface area contributed by atoms with Crippen LogP contribution in [0.5, 0.6) is 0 Å². The van der Waals surface area contributed by atoms with Gasteiger partial charge in [-0.3, -0.25) is 4.57 Å². The first kappa shape index (κ1) is 20.9. The van der Waals surface area contributed by atoms with E-state index >= 15 is 0 Å². The van der Waals surface area contributed by atoms with Gasteiger partial charge in [-0.05, 0) is 25.1 Å². The molecule has 160 valence electrons. The van der Waals surface area contributed by atoms with E-state index in [4.69, 9.17) is 0 Å². The van der Waals surface area contributed by atoms with Crippen molar-refractivity contribution >= 4 is 32.7 Å². The van der Waals surface area contributed by atoms with Gasteiger partial charge >= 0.3 is 11.9 Å². The number of nitrogens with one attached hydrogen (secondary N) is 1. The predicted molar refractivity (Wildman–Crippen MR) is 109 cm³/mol. The van der Waals surface area contributed by atoms with E-state index < -0.39 is 23.5 Å². The predicted octanol–water partition coefficient (Wildman–Crippen LogP) is 3.26. The van der Waals surface area contributed by atoms with Crippen LogP contribution in [0.1, 0.15) is 24.4 Å². The summed E-state index contributed by atoms with van der Waals surface area (Å²) in [6.45, 7) is 1.71. The molecule has 4 aromatic rings. The second-order valence-corrected chi connectivity index (χ2v) is 7.51. The SMILES string of the molecule is CC(Nc1nc(=O)n(C)c2c(C(F)(F)F)cc(Br)cc12)c1ncnn1-c1ncccn1. The Hall–Kier alpha value is -3.35. The van der Waals surface area contributed by atoms with Gasteiger partial charge in [0.15, 0.2) is 5.82 Å². The van der Waals surface area contributed by atoms with Crippen LogP contribution in [0.2, 0.25) is 0 Å². The topological polar surface area (TPSA) is 103 Å². The fraction of sp³-hybridized carbons (Fsp3) is 0.222. The molecule has 0 aliphatic carbocycles. The number of rotatable bonds is 4. The fourth-order valence-electron chi connectivity index (χ4n) is 3.16. The maximum atomic E-state index is 13.7. The second-order valence-electron chi connectivity index (χ2n) is 6.59. The largest absolute Gasteiger partial charge is 0.418 e. The maximum Gasteiger partial charge on any atom is 0.418 e. The summed E-state index contributed by atoms with van der Waals surface area (Å²) in [6, 6.07) is 3.45. The first-order chi connectivity index (χ1) is 14.7. The molecule has 0 bridgehead atoms. The molecule has 13 heteroatoms. The zero-order valence-electron chi connectivity index (χ0n) is 16.1. The molecule has 0 spiro atoms. The van der Waals surface area contributed by atoms with E-state index in [2.05, 4.69) is 46.3 Å². The van der Waals surface area contributed by atoms with Crippen LogP contribution >= 0.6 is 15.9 Å². The van der Waals surface area contributed by atoms with Crippen LogP contribution in [0.3, 0.4) is 0 Å². The van der Waals surface area contributed by atoms with Crippen LogP contribution in [0.4, 0.5) is 19.0 Å². The number of alkyl halides is 3. The number of benzene rings is 1. The molecule has 0 saturated carbocycles. The van der Waals surface area contributed by atoms with Crippen LogP contribution in [-0.4, -0.2) is 34.3 Å². The van der Waals surface area contributed by atoms with Crippen molar-refractivity contribution in [2.75, 3.05) is 5.32 Å². The van der Waals surface area contributed by atoms with Crippen molar-refractivity contribution in [3.8, 4) is 5.95 Å². The molecule has 31 heavy (non-hydrogen) atoms. The summed E-state index contributed by atoms with van der Waals surface area (Å²) >= 11 is 3.11. The van der Waals surface area contributed by atoms with Gasteiger partial charge in [0.05, 0.1) is 17.1 Å². The van der Waals surface area contributed by atoms with Crippen molar-refractivity contribution in [3.05, 3.63) is 63.3 Å². The number of halogens is 4. The lowest BCUT2D eigenvalue weighted by Gasteiger charge is -2.19. The zero-order chi connectivity index (χ0) is 22.3. The molecule has 0 aliphatic rings. The lowest BCUT2D eigenvalue weighted by atomic mass is 10.1. The van der Waals surface area contributed by atoms with E-state index in [9.17, 15) is 18.0 Å². The summed E-state index contributed by atoms with van der Waals surface area (Å²) in [5.74, 6) is 0.640. The van der Waals surface area contributed by atoms with E-state index in [0.29, 0.717) is 5.82 Å². The molecule has 9 nitrogen and oxygen atoms in total. The molecule has 0 radical (unpaired) electrons. The van der Waals surface area contributed by atoms with Gasteiger partial charge in [-0.2, -0.15) is 27.9 Å². The van der Waals surface area contributed by atoms with E-state index in [-0.39, 0.29) is 27.1 Å². The molecule has 1 N–H and O–H groups in total. The Labute approximate surface area is 181 Å². The summed E-state index contributed by atoms with van der Waals surface area (Å²) in [5.41, 5.74) is -2.06. The Balaban J connectivity index is 1.84. The third-order valence-corrected chi connectivity index (χ3v) is 4.98.